The molecule has 7 nitrogen and oxygen atoms in total. The second-order valence-corrected chi connectivity index (χ2v) is 6.63. The molecule has 2 aromatic rings. The Labute approximate surface area is 178 Å². The van der Waals surface area contributed by atoms with Gasteiger partial charge < -0.3 is 19.5 Å². The molecule has 0 spiro atoms. The Morgan fingerprint density at radius 2 is 1.97 bits per heavy atom. The number of hydrogen-bond acceptors (Lipinski definition) is 6. The number of thiocarbonyl (C=S) groups is 1. The van der Waals surface area contributed by atoms with Crippen molar-refractivity contribution in [3.63, 3.8) is 0 Å². The zero-order valence-corrected chi connectivity index (χ0v) is 17.1. The number of benzene rings is 2. The molecule has 0 aromatic heterocycles. The predicted molar refractivity (Wildman–Crippen MR) is 111 cm³/mol. The van der Waals surface area contributed by atoms with E-state index in [9.17, 15) is 14.0 Å². The monoisotopic (exact) mass is 430 g/mol. The summed E-state index contributed by atoms with van der Waals surface area (Å²) in [4.78, 5) is 25.1. The van der Waals surface area contributed by atoms with Crippen molar-refractivity contribution in [3.05, 3.63) is 65.1 Å². The van der Waals surface area contributed by atoms with Crippen LogP contribution in [0.2, 0.25) is 0 Å². The van der Waals surface area contributed by atoms with Gasteiger partial charge >= 0.3 is 5.97 Å². The van der Waals surface area contributed by atoms with Crippen LogP contribution in [0.1, 0.15) is 11.1 Å². The Morgan fingerprint density at radius 1 is 1.20 bits per heavy atom. The normalized spacial score (nSPS) is 14.6. The molecule has 30 heavy (non-hydrogen) atoms. The zero-order valence-electron chi connectivity index (χ0n) is 16.3. The lowest BCUT2D eigenvalue weighted by atomic mass is 10.1. The van der Waals surface area contributed by atoms with E-state index < -0.39 is 11.9 Å². The number of nitrogens with zero attached hydrogens (tertiary/aromatic N) is 1. The van der Waals surface area contributed by atoms with Gasteiger partial charge in [-0.1, -0.05) is 24.3 Å². The van der Waals surface area contributed by atoms with Crippen molar-refractivity contribution < 1.29 is 28.2 Å². The topological polar surface area (TPSA) is 77.1 Å². The summed E-state index contributed by atoms with van der Waals surface area (Å²) < 4.78 is 29.4. The van der Waals surface area contributed by atoms with Crippen molar-refractivity contribution in [1.82, 2.24) is 10.2 Å². The summed E-state index contributed by atoms with van der Waals surface area (Å²) in [6, 6.07) is 11.4. The maximum atomic E-state index is 13.8. The fraction of sp³-hybridized carbons (Fsp3) is 0.190. The number of carbonyl (C=O) groups is 2. The Kier molecular flexibility index (Phi) is 6.63. The molecule has 1 amide bonds. The van der Waals surface area contributed by atoms with Crippen molar-refractivity contribution >= 4 is 35.3 Å². The number of rotatable bonds is 7. The van der Waals surface area contributed by atoms with Crippen LogP contribution in [0.25, 0.3) is 6.08 Å². The molecule has 0 atom stereocenters. The SMILES string of the molecule is COC(=O)CN1C(=O)/C(=C/c2ccc(OCc3ccccc3F)c(OC)c2)NC1=S. The van der Waals surface area contributed by atoms with Crippen LogP contribution in [0, 0.1) is 5.82 Å². The number of carbonyl (C=O) groups excluding carboxylic acids is 2. The first kappa shape index (κ1) is 21.3. The van der Waals surface area contributed by atoms with Crippen LogP contribution in [0.4, 0.5) is 4.39 Å². The molecule has 0 unspecified atom stereocenters. The van der Waals surface area contributed by atoms with Gasteiger partial charge in [0.2, 0.25) is 0 Å². The van der Waals surface area contributed by atoms with Crippen LogP contribution < -0.4 is 14.8 Å². The fourth-order valence-corrected chi connectivity index (χ4v) is 3.00. The van der Waals surface area contributed by atoms with Crippen LogP contribution in [-0.4, -0.2) is 42.7 Å². The Balaban J connectivity index is 1.76. The van der Waals surface area contributed by atoms with Gasteiger partial charge in [0, 0.05) is 5.56 Å². The molecule has 0 aliphatic carbocycles. The number of methoxy groups -OCH3 is 2. The van der Waals surface area contributed by atoms with E-state index in [-0.39, 0.29) is 29.8 Å². The number of hydrogen-bond donors (Lipinski definition) is 1. The third-order valence-electron chi connectivity index (χ3n) is 4.32. The summed E-state index contributed by atoms with van der Waals surface area (Å²) in [6.45, 7) is -0.231. The molecule has 9 heteroatoms. The standard InChI is InChI=1S/C21H19FN2O5S/c1-27-18-10-13(7-8-17(18)29-12-14-5-3-4-6-15(14)22)9-16-20(26)24(21(30)23-16)11-19(25)28-2/h3-10H,11-12H2,1-2H3,(H,23,30)/b16-9-. The summed E-state index contributed by atoms with van der Waals surface area (Å²) in [5, 5.41) is 2.90. The highest BCUT2D eigenvalue weighted by Crippen LogP contribution is 2.30. The van der Waals surface area contributed by atoms with E-state index >= 15 is 0 Å². The summed E-state index contributed by atoms with van der Waals surface area (Å²) in [5.41, 5.74) is 1.28. The molecule has 1 saturated heterocycles. The second kappa shape index (κ2) is 9.36. The first-order valence-electron chi connectivity index (χ1n) is 8.88. The summed E-state index contributed by atoms with van der Waals surface area (Å²) in [5.74, 6) is -0.524. The zero-order chi connectivity index (χ0) is 21.7. The van der Waals surface area contributed by atoms with E-state index in [1.807, 2.05) is 0 Å². The summed E-state index contributed by atoms with van der Waals surface area (Å²) in [6.07, 6.45) is 1.58. The van der Waals surface area contributed by atoms with Crippen LogP contribution in [0.5, 0.6) is 11.5 Å². The third kappa shape index (κ3) is 4.74. The van der Waals surface area contributed by atoms with Gasteiger partial charge in [0.05, 0.1) is 14.2 Å². The molecule has 0 saturated carbocycles. The van der Waals surface area contributed by atoms with Crippen molar-refractivity contribution in [2.45, 2.75) is 6.61 Å². The van der Waals surface area contributed by atoms with E-state index in [1.165, 1.54) is 20.3 Å². The molecule has 1 fully saturated rings. The van der Waals surface area contributed by atoms with Crippen molar-refractivity contribution in [2.75, 3.05) is 20.8 Å². The number of nitrogens with one attached hydrogen (secondary N) is 1. The summed E-state index contributed by atoms with van der Waals surface area (Å²) in [7, 11) is 2.71. The number of ether oxygens (including phenoxy) is 3. The van der Waals surface area contributed by atoms with Crippen molar-refractivity contribution in [1.29, 1.82) is 0 Å². The molecule has 156 valence electrons. The Hall–Kier alpha value is -3.46. The smallest absolute Gasteiger partial charge is 0.325 e. The first-order valence-corrected chi connectivity index (χ1v) is 9.29. The lowest BCUT2D eigenvalue weighted by Gasteiger charge is -2.12. The molecule has 2 aromatic carbocycles. The Morgan fingerprint density at radius 3 is 2.67 bits per heavy atom. The Bertz CT molecular complexity index is 1020. The van der Waals surface area contributed by atoms with Gasteiger partial charge in [-0.3, -0.25) is 14.5 Å². The summed E-state index contributed by atoms with van der Waals surface area (Å²) >= 11 is 5.11. The molecule has 1 heterocycles. The predicted octanol–water partition coefficient (Wildman–Crippen LogP) is 2.64. The second-order valence-electron chi connectivity index (χ2n) is 6.25. The van der Waals surface area contributed by atoms with E-state index in [1.54, 1.807) is 42.5 Å². The number of esters is 1. The van der Waals surface area contributed by atoms with Gasteiger partial charge in [0.15, 0.2) is 16.6 Å². The molecule has 1 aliphatic rings. The van der Waals surface area contributed by atoms with Gasteiger partial charge in [0.25, 0.3) is 5.91 Å². The molecule has 0 radical (unpaired) electrons. The minimum Gasteiger partial charge on any atom is -0.493 e. The van der Waals surface area contributed by atoms with Gasteiger partial charge in [0.1, 0.15) is 24.7 Å². The first-order chi connectivity index (χ1) is 14.4. The lowest BCUT2D eigenvalue weighted by Crippen LogP contribution is -2.35. The molecule has 3 rings (SSSR count). The van der Waals surface area contributed by atoms with Gasteiger partial charge in [-0.05, 0) is 42.1 Å². The van der Waals surface area contributed by atoms with Crippen LogP contribution in [0.15, 0.2) is 48.2 Å². The minimum absolute atomic E-state index is 0.0419. The molecular weight excluding hydrogens is 411 g/mol. The average molecular weight is 430 g/mol. The van der Waals surface area contributed by atoms with Gasteiger partial charge in [-0.25, -0.2) is 4.39 Å². The molecule has 1 N–H and O–H groups in total. The highest BCUT2D eigenvalue weighted by molar-refractivity contribution is 7.80. The van der Waals surface area contributed by atoms with E-state index in [0.717, 1.165) is 4.90 Å². The lowest BCUT2D eigenvalue weighted by molar-refractivity contribution is -0.143. The van der Waals surface area contributed by atoms with Crippen molar-refractivity contribution in [2.24, 2.45) is 0 Å². The number of halogens is 1. The molecule has 1 aliphatic heterocycles. The van der Waals surface area contributed by atoms with Crippen molar-refractivity contribution in [3.8, 4) is 11.5 Å². The van der Waals surface area contributed by atoms with Crippen LogP contribution in [0.3, 0.4) is 0 Å². The maximum Gasteiger partial charge on any atom is 0.325 e. The fourth-order valence-electron chi connectivity index (χ4n) is 2.74. The number of amides is 1. The third-order valence-corrected chi connectivity index (χ3v) is 4.64. The quantitative estimate of drug-likeness (QED) is 0.411. The van der Waals surface area contributed by atoms with Gasteiger partial charge in [-0.2, -0.15) is 0 Å². The maximum absolute atomic E-state index is 13.8. The minimum atomic E-state index is -0.577. The highest BCUT2D eigenvalue weighted by Gasteiger charge is 2.32. The van der Waals surface area contributed by atoms with Crippen LogP contribution >= 0.6 is 12.2 Å². The van der Waals surface area contributed by atoms with E-state index in [0.29, 0.717) is 22.6 Å². The van der Waals surface area contributed by atoms with E-state index in [4.69, 9.17) is 21.7 Å². The van der Waals surface area contributed by atoms with Crippen LogP contribution in [-0.2, 0) is 20.9 Å². The molecular formula is C21H19FN2O5S. The average Bonchev–Trinajstić information content (AvgIpc) is 3.00. The van der Waals surface area contributed by atoms with E-state index in [2.05, 4.69) is 10.1 Å². The molecule has 0 bridgehead atoms. The van der Waals surface area contributed by atoms with Gasteiger partial charge in [-0.15, -0.1) is 0 Å². The largest absolute Gasteiger partial charge is 0.493 e. The highest BCUT2D eigenvalue weighted by atomic mass is 32.1.